The summed E-state index contributed by atoms with van der Waals surface area (Å²) >= 11 is 0. The predicted molar refractivity (Wildman–Crippen MR) is 33.8 cm³/mol. The van der Waals surface area contributed by atoms with Crippen LogP contribution in [-0.4, -0.2) is 12.7 Å². The van der Waals surface area contributed by atoms with Gasteiger partial charge in [-0.3, -0.25) is 0 Å². The van der Waals surface area contributed by atoms with Crippen molar-refractivity contribution in [3.8, 4) is 0 Å². The van der Waals surface area contributed by atoms with Gasteiger partial charge in [0.1, 0.15) is 0 Å². The third kappa shape index (κ3) is 1.22. The van der Waals surface area contributed by atoms with Crippen LogP contribution in [0.15, 0.2) is 0 Å². The highest BCUT2D eigenvalue weighted by atomic mass is 16.5. The van der Waals surface area contributed by atoms with Gasteiger partial charge < -0.3 is 4.74 Å². The molecule has 1 nitrogen and oxygen atoms in total. The second-order valence-electron chi connectivity index (χ2n) is 2.70. The largest absolute Gasteiger partial charge is 0.378 e. The maximum atomic E-state index is 5.39. The molecule has 1 fully saturated rings. The molecule has 1 saturated heterocycles. The summed E-state index contributed by atoms with van der Waals surface area (Å²) in [7, 11) is 0. The summed E-state index contributed by atoms with van der Waals surface area (Å²) < 4.78 is 5.39. The normalized spacial score (nSPS) is 39.8. The van der Waals surface area contributed by atoms with E-state index in [1.807, 2.05) is 0 Å². The average molecular weight is 114 g/mol. The van der Waals surface area contributed by atoms with Gasteiger partial charge in [-0.1, -0.05) is 6.92 Å². The van der Waals surface area contributed by atoms with Crippen LogP contribution in [0, 0.1) is 5.92 Å². The van der Waals surface area contributed by atoms with Gasteiger partial charge in [-0.05, 0) is 25.7 Å². The van der Waals surface area contributed by atoms with Crippen LogP contribution in [0.5, 0.6) is 0 Å². The topological polar surface area (TPSA) is 9.23 Å². The number of ether oxygens (including phenoxy) is 1. The highest BCUT2D eigenvalue weighted by molar-refractivity contribution is 4.65. The van der Waals surface area contributed by atoms with Crippen LogP contribution in [0.4, 0.5) is 0 Å². The van der Waals surface area contributed by atoms with Crippen molar-refractivity contribution in [1.82, 2.24) is 0 Å². The Kier molecular flexibility index (Phi) is 1.90. The fourth-order valence-electron chi connectivity index (χ4n) is 1.07. The lowest BCUT2D eigenvalue weighted by molar-refractivity contribution is -0.00789. The molecular formula is C7H14O. The van der Waals surface area contributed by atoms with Gasteiger partial charge >= 0.3 is 0 Å². The molecule has 0 aromatic rings. The van der Waals surface area contributed by atoms with Gasteiger partial charge in [0.2, 0.25) is 0 Å². The predicted octanol–water partition coefficient (Wildman–Crippen LogP) is 1.82. The van der Waals surface area contributed by atoms with Crippen LogP contribution >= 0.6 is 0 Å². The van der Waals surface area contributed by atoms with E-state index >= 15 is 0 Å². The lowest BCUT2D eigenvalue weighted by Crippen LogP contribution is -2.23. The van der Waals surface area contributed by atoms with Gasteiger partial charge in [0.25, 0.3) is 0 Å². The molecule has 0 spiro atoms. The van der Waals surface area contributed by atoms with E-state index in [0.717, 1.165) is 12.5 Å². The van der Waals surface area contributed by atoms with Gasteiger partial charge in [-0.2, -0.15) is 0 Å². The summed E-state index contributed by atoms with van der Waals surface area (Å²) in [6.45, 7) is 5.39. The Morgan fingerprint density at radius 1 is 1.38 bits per heavy atom. The Labute approximate surface area is 51.0 Å². The minimum atomic E-state index is 0.503. The van der Waals surface area contributed by atoms with Gasteiger partial charge in [0.05, 0.1) is 6.10 Å². The summed E-state index contributed by atoms with van der Waals surface area (Å²) in [5, 5.41) is 0. The molecule has 1 unspecified atom stereocenters. The van der Waals surface area contributed by atoms with E-state index in [4.69, 9.17) is 4.74 Å². The molecule has 0 aliphatic carbocycles. The fourth-order valence-corrected chi connectivity index (χ4v) is 1.07. The Hall–Kier alpha value is -0.0400. The quantitative estimate of drug-likeness (QED) is 0.466. The zero-order valence-electron chi connectivity index (χ0n) is 5.68. The van der Waals surface area contributed by atoms with Crippen LogP contribution in [0.1, 0.15) is 26.7 Å². The number of hydrogen-bond donors (Lipinski definition) is 0. The Morgan fingerprint density at radius 2 is 2.12 bits per heavy atom. The summed E-state index contributed by atoms with van der Waals surface area (Å²) in [6, 6.07) is 0. The van der Waals surface area contributed by atoms with Crippen molar-refractivity contribution in [2.24, 2.45) is 5.92 Å². The molecule has 0 saturated carbocycles. The lowest BCUT2D eigenvalue weighted by Gasteiger charge is -2.25. The van der Waals surface area contributed by atoms with E-state index < -0.39 is 0 Å². The van der Waals surface area contributed by atoms with Crippen LogP contribution in [-0.2, 0) is 4.74 Å². The zero-order chi connectivity index (χ0) is 5.98. The molecule has 48 valence electrons. The Bertz CT molecular complexity index is 60.8. The van der Waals surface area contributed by atoms with E-state index in [9.17, 15) is 0 Å². The molecule has 0 radical (unpaired) electrons. The average Bonchev–Trinajstić information content (AvgIpc) is 1.77. The fraction of sp³-hybridized carbons (Fsp3) is 1.00. The minimum Gasteiger partial charge on any atom is -0.378 e. The highest BCUT2D eigenvalue weighted by Gasteiger charge is 2.16. The third-order valence-electron chi connectivity index (χ3n) is 1.99. The second kappa shape index (κ2) is 2.49. The van der Waals surface area contributed by atoms with Gasteiger partial charge in [0, 0.05) is 6.61 Å². The molecule has 0 amide bonds. The first-order valence-electron chi connectivity index (χ1n) is 3.42. The first-order valence-corrected chi connectivity index (χ1v) is 3.42. The van der Waals surface area contributed by atoms with E-state index in [1.165, 1.54) is 12.8 Å². The van der Waals surface area contributed by atoms with Crippen molar-refractivity contribution in [2.45, 2.75) is 32.8 Å². The van der Waals surface area contributed by atoms with E-state index in [1.54, 1.807) is 0 Å². The minimum absolute atomic E-state index is 0.503. The number of hydrogen-bond acceptors (Lipinski definition) is 1. The van der Waals surface area contributed by atoms with Gasteiger partial charge in [-0.15, -0.1) is 0 Å². The standard InChI is InChI=1S/C7H14O/c1-6-4-3-5-8-7(6)2/h6-7H,3-5H2,1-2H3/t6-,7?/m1/s1. The van der Waals surface area contributed by atoms with Crippen molar-refractivity contribution in [3.63, 3.8) is 0 Å². The summed E-state index contributed by atoms with van der Waals surface area (Å²) in [4.78, 5) is 0. The van der Waals surface area contributed by atoms with E-state index in [0.29, 0.717) is 6.10 Å². The van der Waals surface area contributed by atoms with E-state index in [-0.39, 0.29) is 0 Å². The summed E-state index contributed by atoms with van der Waals surface area (Å²) in [5.41, 5.74) is 0. The van der Waals surface area contributed by atoms with Crippen LogP contribution in [0.25, 0.3) is 0 Å². The molecule has 0 aromatic carbocycles. The molecule has 1 aliphatic rings. The zero-order valence-corrected chi connectivity index (χ0v) is 5.68. The Balaban J connectivity index is 2.28. The van der Waals surface area contributed by atoms with Crippen molar-refractivity contribution in [1.29, 1.82) is 0 Å². The van der Waals surface area contributed by atoms with Gasteiger partial charge in [0.15, 0.2) is 0 Å². The third-order valence-corrected chi connectivity index (χ3v) is 1.99. The molecule has 2 atom stereocenters. The second-order valence-corrected chi connectivity index (χ2v) is 2.70. The molecule has 1 aliphatic heterocycles. The van der Waals surface area contributed by atoms with Crippen molar-refractivity contribution in [3.05, 3.63) is 0 Å². The molecule has 0 aromatic heterocycles. The molecular weight excluding hydrogens is 100 g/mol. The summed E-state index contributed by atoms with van der Waals surface area (Å²) in [5.74, 6) is 0.781. The molecule has 1 rings (SSSR count). The molecule has 0 N–H and O–H groups in total. The lowest BCUT2D eigenvalue weighted by atomic mass is 9.98. The van der Waals surface area contributed by atoms with E-state index in [2.05, 4.69) is 13.8 Å². The number of rotatable bonds is 0. The van der Waals surface area contributed by atoms with Crippen molar-refractivity contribution in [2.75, 3.05) is 6.61 Å². The van der Waals surface area contributed by atoms with Crippen molar-refractivity contribution >= 4 is 0 Å². The van der Waals surface area contributed by atoms with Crippen LogP contribution < -0.4 is 0 Å². The first kappa shape index (κ1) is 6.09. The van der Waals surface area contributed by atoms with Gasteiger partial charge in [-0.25, -0.2) is 0 Å². The molecule has 8 heavy (non-hydrogen) atoms. The van der Waals surface area contributed by atoms with Crippen LogP contribution in [0.2, 0.25) is 0 Å². The van der Waals surface area contributed by atoms with Crippen LogP contribution in [0.3, 0.4) is 0 Å². The molecule has 1 heterocycles. The smallest absolute Gasteiger partial charge is 0.0572 e. The molecule has 0 bridgehead atoms. The van der Waals surface area contributed by atoms with Crippen molar-refractivity contribution < 1.29 is 4.74 Å². The monoisotopic (exact) mass is 114 g/mol. The highest BCUT2D eigenvalue weighted by Crippen LogP contribution is 2.18. The molecule has 1 heteroatoms. The first-order chi connectivity index (χ1) is 3.80. The maximum Gasteiger partial charge on any atom is 0.0572 e. The SMILES string of the molecule is CC1OCCC[C@H]1C. The maximum absolute atomic E-state index is 5.39. The summed E-state index contributed by atoms with van der Waals surface area (Å²) in [6.07, 6.45) is 3.11. The Morgan fingerprint density at radius 3 is 2.50 bits per heavy atom.